The molecule has 1 aromatic carbocycles. The maximum atomic E-state index is 12.2. The summed E-state index contributed by atoms with van der Waals surface area (Å²) in [5, 5.41) is 12.5. The van der Waals surface area contributed by atoms with E-state index in [0.717, 1.165) is 17.8 Å². The number of phenols is 1. The van der Waals surface area contributed by atoms with Crippen LogP contribution in [-0.2, 0) is 6.42 Å². The van der Waals surface area contributed by atoms with Gasteiger partial charge >= 0.3 is 0 Å². The van der Waals surface area contributed by atoms with Crippen LogP contribution >= 0.6 is 0 Å². The van der Waals surface area contributed by atoms with E-state index in [1.807, 2.05) is 32.0 Å². The SMILES string of the molecule is CCc1ccc(O)c(C(=O)Nc2ccc(N(C)C)nc2)c1. The molecule has 1 heterocycles. The van der Waals surface area contributed by atoms with Gasteiger partial charge in [-0.1, -0.05) is 13.0 Å². The first-order chi connectivity index (χ1) is 10.0. The molecule has 2 aromatic rings. The monoisotopic (exact) mass is 285 g/mol. The van der Waals surface area contributed by atoms with E-state index in [-0.39, 0.29) is 17.2 Å². The number of aromatic hydroxyl groups is 1. The topological polar surface area (TPSA) is 65.5 Å². The average Bonchev–Trinajstić information content (AvgIpc) is 2.48. The summed E-state index contributed by atoms with van der Waals surface area (Å²) in [4.78, 5) is 18.3. The molecule has 110 valence electrons. The number of nitrogens with one attached hydrogen (secondary N) is 1. The average molecular weight is 285 g/mol. The van der Waals surface area contributed by atoms with Crippen molar-refractivity contribution in [1.29, 1.82) is 0 Å². The first kappa shape index (κ1) is 14.8. The van der Waals surface area contributed by atoms with Crippen molar-refractivity contribution in [2.75, 3.05) is 24.3 Å². The number of rotatable bonds is 4. The second-order valence-corrected chi connectivity index (χ2v) is 4.96. The molecule has 0 aliphatic rings. The van der Waals surface area contributed by atoms with Crippen LogP contribution in [-0.4, -0.2) is 30.1 Å². The van der Waals surface area contributed by atoms with Gasteiger partial charge in [0.25, 0.3) is 5.91 Å². The Morgan fingerprint density at radius 2 is 2.05 bits per heavy atom. The summed E-state index contributed by atoms with van der Waals surface area (Å²) in [6.07, 6.45) is 2.40. The molecule has 0 unspecified atom stereocenters. The third-order valence-electron chi connectivity index (χ3n) is 3.18. The van der Waals surface area contributed by atoms with Crippen molar-refractivity contribution in [2.45, 2.75) is 13.3 Å². The fraction of sp³-hybridized carbons (Fsp3) is 0.250. The molecule has 0 saturated carbocycles. The van der Waals surface area contributed by atoms with Crippen molar-refractivity contribution in [1.82, 2.24) is 4.98 Å². The molecule has 0 aliphatic carbocycles. The lowest BCUT2D eigenvalue weighted by Crippen LogP contribution is -2.14. The maximum absolute atomic E-state index is 12.2. The zero-order valence-corrected chi connectivity index (χ0v) is 12.4. The van der Waals surface area contributed by atoms with Crippen LogP contribution < -0.4 is 10.2 Å². The van der Waals surface area contributed by atoms with E-state index < -0.39 is 0 Å². The summed E-state index contributed by atoms with van der Waals surface area (Å²) in [5.74, 6) is 0.439. The predicted molar refractivity (Wildman–Crippen MR) is 84.0 cm³/mol. The highest BCUT2D eigenvalue weighted by molar-refractivity contribution is 6.06. The number of hydrogen-bond acceptors (Lipinski definition) is 4. The third kappa shape index (κ3) is 3.51. The van der Waals surface area contributed by atoms with Crippen molar-refractivity contribution in [2.24, 2.45) is 0 Å². The molecule has 1 amide bonds. The van der Waals surface area contributed by atoms with Crippen molar-refractivity contribution in [3.05, 3.63) is 47.7 Å². The Labute approximate surface area is 124 Å². The molecule has 0 spiro atoms. The van der Waals surface area contributed by atoms with Gasteiger partial charge in [-0.15, -0.1) is 0 Å². The van der Waals surface area contributed by atoms with Crippen molar-refractivity contribution < 1.29 is 9.90 Å². The first-order valence-corrected chi connectivity index (χ1v) is 6.78. The van der Waals surface area contributed by atoms with Crippen LogP contribution in [0.4, 0.5) is 11.5 Å². The molecule has 5 heteroatoms. The number of aromatic nitrogens is 1. The second-order valence-electron chi connectivity index (χ2n) is 4.96. The number of phenolic OH excluding ortho intramolecular Hbond substituents is 1. The molecule has 5 nitrogen and oxygen atoms in total. The molecule has 0 fully saturated rings. The Bertz CT molecular complexity index is 636. The number of aryl methyl sites for hydroxylation is 1. The lowest BCUT2D eigenvalue weighted by Gasteiger charge is -2.12. The van der Waals surface area contributed by atoms with Crippen LogP contribution in [0, 0.1) is 0 Å². The van der Waals surface area contributed by atoms with E-state index >= 15 is 0 Å². The fourth-order valence-corrected chi connectivity index (χ4v) is 1.91. The third-order valence-corrected chi connectivity index (χ3v) is 3.18. The van der Waals surface area contributed by atoms with Crippen LogP contribution in [0.25, 0.3) is 0 Å². The quantitative estimate of drug-likeness (QED) is 0.906. The Balaban J connectivity index is 2.17. The van der Waals surface area contributed by atoms with E-state index in [1.165, 1.54) is 0 Å². The van der Waals surface area contributed by atoms with E-state index in [1.54, 1.807) is 30.5 Å². The standard InChI is InChI=1S/C16H19N3O2/c1-4-11-5-7-14(20)13(9-11)16(21)18-12-6-8-15(17-10-12)19(2)3/h5-10,20H,4H2,1-3H3,(H,18,21). The number of amides is 1. The summed E-state index contributed by atoms with van der Waals surface area (Å²) in [5.41, 5.74) is 1.86. The van der Waals surface area contributed by atoms with E-state index in [0.29, 0.717) is 5.69 Å². The summed E-state index contributed by atoms with van der Waals surface area (Å²) in [7, 11) is 3.80. The number of pyridine rings is 1. The summed E-state index contributed by atoms with van der Waals surface area (Å²) < 4.78 is 0. The van der Waals surface area contributed by atoms with Gasteiger partial charge in [0.2, 0.25) is 0 Å². The largest absolute Gasteiger partial charge is 0.507 e. The zero-order chi connectivity index (χ0) is 15.4. The summed E-state index contributed by atoms with van der Waals surface area (Å²) in [6, 6.07) is 8.64. The van der Waals surface area contributed by atoms with Crippen LogP contribution in [0.2, 0.25) is 0 Å². The van der Waals surface area contributed by atoms with Crippen LogP contribution in [0.3, 0.4) is 0 Å². The number of anilines is 2. The van der Waals surface area contributed by atoms with Gasteiger partial charge in [-0.3, -0.25) is 4.79 Å². The zero-order valence-electron chi connectivity index (χ0n) is 12.4. The molecule has 0 aliphatic heterocycles. The van der Waals surface area contributed by atoms with Gasteiger partial charge in [0, 0.05) is 14.1 Å². The van der Waals surface area contributed by atoms with Crippen molar-refractivity contribution in [3.63, 3.8) is 0 Å². The van der Waals surface area contributed by atoms with Gasteiger partial charge in [-0.25, -0.2) is 4.98 Å². The molecular formula is C16H19N3O2. The number of nitrogens with zero attached hydrogens (tertiary/aromatic N) is 2. The van der Waals surface area contributed by atoms with Gasteiger partial charge < -0.3 is 15.3 Å². The predicted octanol–water partition coefficient (Wildman–Crippen LogP) is 2.67. The molecule has 0 radical (unpaired) electrons. The molecule has 0 saturated heterocycles. The molecule has 1 aromatic heterocycles. The Morgan fingerprint density at radius 1 is 1.29 bits per heavy atom. The molecular weight excluding hydrogens is 266 g/mol. The smallest absolute Gasteiger partial charge is 0.259 e. The molecule has 0 bridgehead atoms. The van der Waals surface area contributed by atoms with Crippen molar-refractivity contribution in [3.8, 4) is 5.75 Å². The van der Waals surface area contributed by atoms with Crippen LogP contribution in [0.5, 0.6) is 5.75 Å². The van der Waals surface area contributed by atoms with Gasteiger partial charge in [-0.05, 0) is 36.2 Å². The van der Waals surface area contributed by atoms with Crippen LogP contribution in [0.15, 0.2) is 36.5 Å². The number of carbonyl (C=O) groups is 1. The lowest BCUT2D eigenvalue weighted by molar-refractivity contribution is 0.102. The van der Waals surface area contributed by atoms with E-state index in [2.05, 4.69) is 10.3 Å². The number of carbonyl (C=O) groups excluding carboxylic acids is 1. The summed E-state index contributed by atoms with van der Waals surface area (Å²) >= 11 is 0. The molecule has 0 atom stereocenters. The summed E-state index contributed by atoms with van der Waals surface area (Å²) in [6.45, 7) is 2.00. The number of benzene rings is 1. The Hall–Kier alpha value is -2.56. The molecule has 2 rings (SSSR count). The Kier molecular flexibility index (Phi) is 4.42. The van der Waals surface area contributed by atoms with Gasteiger partial charge in [-0.2, -0.15) is 0 Å². The normalized spacial score (nSPS) is 10.2. The van der Waals surface area contributed by atoms with Gasteiger partial charge in [0.1, 0.15) is 11.6 Å². The highest BCUT2D eigenvalue weighted by atomic mass is 16.3. The van der Waals surface area contributed by atoms with Crippen LogP contribution in [0.1, 0.15) is 22.8 Å². The minimum absolute atomic E-state index is 0.0254. The highest BCUT2D eigenvalue weighted by Gasteiger charge is 2.12. The van der Waals surface area contributed by atoms with Gasteiger partial charge in [0.15, 0.2) is 0 Å². The highest BCUT2D eigenvalue weighted by Crippen LogP contribution is 2.21. The Morgan fingerprint density at radius 3 is 2.62 bits per heavy atom. The van der Waals surface area contributed by atoms with Gasteiger partial charge in [0.05, 0.1) is 17.4 Å². The fourth-order valence-electron chi connectivity index (χ4n) is 1.91. The minimum atomic E-state index is -0.345. The first-order valence-electron chi connectivity index (χ1n) is 6.78. The minimum Gasteiger partial charge on any atom is -0.507 e. The van der Waals surface area contributed by atoms with Crippen molar-refractivity contribution >= 4 is 17.4 Å². The van der Waals surface area contributed by atoms with E-state index in [4.69, 9.17) is 0 Å². The lowest BCUT2D eigenvalue weighted by atomic mass is 10.1. The molecule has 21 heavy (non-hydrogen) atoms. The van der Waals surface area contributed by atoms with E-state index in [9.17, 15) is 9.90 Å². The second kappa shape index (κ2) is 6.26. The molecule has 2 N–H and O–H groups in total. The maximum Gasteiger partial charge on any atom is 0.259 e. The number of hydrogen-bond donors (Lipinski definition) is 2.